The largest absolute Gasteiger partial charge is 0.339 e. The number of thioether (sulfide) groups is 1. The minimum Gasteiger partial charge on any atom is -0.339 e. The normalized spacial score (nSPS) is 15.1. The van der Waals surface area contributed by atoms with E-state index in [2.05, 4.69) is 0 Å². The van der Waals surface area contributed by atoms with E-state index in [-0.39, 0.29) is 11.8 Å². The first-order valence-electron chi connectivity index (χ1n) is 10.1. The first-order chi connectivity index (χ1) is 14.5. The van der Waals surface area contributed by atoms with E-state index in [0.717, 1.165) is 11.1 Å². The van der Waals surface area contributed by atoms with E-state index in [0.29, 0.717) is 41.7 Å². The van der Waals surface area contributed by atoms with Crippen molar-refractivity contribution < 1.29 is 9.59 Å². The number of rotatable bonds is 8. The van der Waals surface area contributed by atoms with E-state index in [4.69, 9.17) is 12.2 Å². The zero-order valence-corrected chi connectivity index (χ0v) is 19.0. The quantitative estimate of drug-likeness (QED) is 0.428. The van der Waals surface area contributed by atoms with Crippen LogP contribution >= 0.6 is 24.0 Å². The van der Waals surface area contributed by atoms with Crippen LogP contribution in [0.1, 0.15) is 36.5 Å². The molecule has 0 unspecified atom stereocenters. The fourth-order valence-corrected chi connectivity index (χ4v) is 4.54. The summed E-state index contributed by atoms with van der Waals surface area (Å²) in [7, 11) is 0. The summed E-state index contributed by atoms with van der Waals surface area (Å²) in [4.78, 5) is 29.5. The zero-order chi connectivity index (χ0) is 21.5. The molecule has 1 aliphatic rings. The van der Waals surface area contributed by atoms with Crippen molar-refractivity contribution in [1.82, 2.24) is 9.80 Å². The van der Waals surface area contributed by atoms with Crippen LogP contribution in [0.5, 0.6) is 0 Å². The average Bonchev–Trinajstić information content (AvgIpc) is 3.01. The Labute approximate surface area is 187 Å². The Morgan fingerprint density at radius 2 is 1.83 bits per heavy atom. The number of thiocarbonyl (C=S) groups is 1. The van der Waals surface area contributed by atoms with Crippen LogP contribution in [0.3, 0.4) is 0 Å². The van der Waals surface area contributed by atoms with Crippen molar-refractivity contribution in [1.29, 1.82) is 0 Å². The van der Waals surface area contributed by atoms with Gasteiger partial charge < -0.3 is 4.90 Å². The molecule has 0 atom stereocenters. The van der Waals surface area contributed by atoms with Crippen LogP contribution in [-0.4, -0.2) is 39.0 Å². The molecule has 0 N–H and O–H groups in total. The minimum absolute atomic E-state index is 0.0744. The average molecular weight is 439 g/mol. The molecule has 2 amide bonds. The van der Waals surface area contributed by atoms with Crippen molar-refractivity contribution in [2.24, 2.45) is 0 Å². The predicted octanol–water partition coefficient (Wildman–Crippen LogP) is 5.03. The summed E-state index contributed by atoms with van der Waals surface area (Å²) < 4.78 is 0.558. The Balaban J connectivity index is 1.53. The molecule has 0 spiro atoms. The summed E-state index contributed by atoms with van der Waals surface area (Å²) in [6, 6.07) is 18.0. The summed E-state index contributed by atoms with van der Waals surface area (Å²) in [6.07, 6.45) is 2.87. The third-order valence-corrected chi connectivity index (χ3v) is 6.35. The molecule has 2 aromatic rings. The van der Waals surface area contributed by atoms with Crippen LogP contribution < -0.4 is 0 Å². The van der Waals surface area contributed by atoms with Gasteiger partial charge in [-0.1, -0.05) is 84.1 Å². The first-order valence-corrected chi connectivity index (χ1v) is 11.3. The van der Waals surface area contributed by atoms with E-state index in [1.807, 2.05) is 79.4 Å². The Morgan fingerprint density at radius 1 is 1.13 bits per heavy atom. The molecule has 0 radical (unpaired) electrons. The predicted molar refractivity (Wildman–Crippen MR) is 128 cm³/mol. The maximum atomic E-state index is 12.7. The van der Waals surface area contributed by atoms with Gasteiger partial charge in [-0.25, -0.2) is 0 Å². The van der Waals surface area contributed by atoms with Crippen LogP contribution in [0.4, 0.5) is 0 Å². The topological polar surface area (TPSA) is 40.6 Å². The second-order valence-electron chi connectivity index (χ2n) is 7.24. The molecule has 1 fully saturated rings. The van der Waals surface area contributed by atoms with Crippen molar-refractivity contribution in [2.75, 3.05) is 13.1 Å². The number of amides is 2. The van der Waals surface area contributed by atoms with Crippen LogP contribution in [0, 0.1) is 6.92 Å². The second kappa shape index (κ2) is 10.5. The summed E-state index contributed by atoms with van der Waals surface area (Å²) in [5, 5.41) is 0. The van der Waals surface area contributed by atoms with E-state index >= 15 is 0 Å². The van der Waals surface area contributed by atoms with Crippen LogP contribution in [-0.2, 0) is 16.1 Å². The van der Waals surface area contributed by atoms with E-state index in [1.165, 1.54) is 17.3 Å². The van der Waals surface area contributed by atoms with Gasteiger partial charge in [-0.05, 0) is 37.5 Å². The van der Waals surface area contributed by atoms with E-state index in [1.54, 1.807) is 4.90 Å². The molecular weight excluding hydrogens is 412 g/mol. The highest BCUT2D eigenvalue weighted by molar-refractivity contribution is 8.26. The monoisotopic (exact) mass is 438 g/mol. The van der Waals surface area contributed by atoms with Gasteiger partial charge in [0.05, 0.1) is 4.91 Å². The van der Waals surface area contributed by atoms with E-state index in [9.17, 15) is 9.59 Å². The maximum absolute atomic E-state index is 12.7. The van der Waals surface area contributed by atoms with Gasteiger partial charge in [0.2, 0.25) is 5.91 Å². The molecular formula is C24H26N2O2S2. The maximum Gasteiger partial charge on any atom is 0.266 e. The van der Waals surface area contributed by atoms with Crippen LogP contribution in [0.25, 0.3) is 6.08 Å². The highest BCUT2D eigenvalue weighted by atomic mass is 32.2. The van der Waals surface area contributed by atoms with Gasteiger partial charge in [0, 0.05) is 26.1 Å². The van der Waals surface area contributed by atoms with Crippen molar-refractivity contribution in [2.45, 2.75) is 33.2 Å². The standard InChI is InChI=1S/C24H26N2O2S2/c1-3-25(17-20-8-5-4-6-9-20)22(27)10-7-15-26-23(28)21(30-24(26)29)16-19-13-11-18(2)12-14-19/h4-6,8-9,11-14,16H,3,7,10,15,17H2,1-2H3. The smallest absolute Gasteiger partial charge is 0.266 e. The summed E-state index contributed by atoms with van der Waals surface area (Å²) in [6.45, 7) is 5.75. The summed E-state index contributed by atoms with van der Waals surface area (Å²) in [5.41, 5.74) is 3.28. The molecule has 0 aromatic heterocycles. The molecule has 0 aliphatic carbocycles. The molecule has 4 nitrogen and oxygen atoms in total. The molecule has 6 heteroatoms. The van der Waals surface area contributed by atoms with Crippen molar-refractivity contribution in [3.05, 3.63) is 76.2 Å². The number of hydrogen-bond acceptors (Lipinski definition) is 4. The minimum atomic E-state index is -0.0744. The van der Waals surface area contributed by atoms with Gasteiger partial charge in [-0.2, -0.15) is 0 Å². The van der Waals surface area contributed by atoms with Crippen LogP contribution in [0.2, 0.25) is 0 Å². The fraction of sp³-hybridized carbons (Fsp3) is 0.292. The van der Waals surface area contributed by atoms with Gasteiger partial charge in [0.15, 0.2) is 0 Å². The third kappa shape index (κ3) is 5.80. The van der Waals surface area contributed by atoms with Gasteiger partial charge in [-0.3, -0.25) is 14.5 Å². The molecule has 2 aromatic carbocycles. The summed E-state index contributed by atoms with van der Waals surface area (Å²) >= 11 is 6.73. The lowest BCUT2D eigenvalue weighted by Gasteiger charge is -2.22. The Morgan fingerprint density at radius 3 is 2.50 bits per heavy atom. The molecule has 0 saturated carbocycles. The lowest BCUT2D eigenvalue weighted by molar-refractivity contribution is -0.132. The number of carbonyl (C=O) groups is 2. The Hall–Kier alpha value is -2.44. The van der Waals surface area contributed by atoms with Gasteiger partial charge in [0.25, 0.3) is 5.91 Å². The highest BCUT2D eigenvalue weighted by Gasteiger charge is 2.31. The van der Waals surface area contributed by atoms with Crippen molar-refractivity contribution >= 4 is 46.2 Å². The van der Waals surface area contributed by atoms with Crippen LogP contribution in [0.15, 0.2) is 59.5 Å². The Kier molecular flexibility index (Phi) is 7.82. The lowest BCUT2D eigenvalue weighted by Crippen LogP contribution is -2.32. The van der Waals surface area contributed by atoms with Gasteiger partial charge in [0.1, 0.15) is 4.32 Å². The molecule has 1 aliphatic heterocycles. The zero-order valence-electron chi connectivity index (χ0n) is 17.3. The Bertz CT molecular complexity index is 939. The van der Waals surface area contributed by atoms with Gasteiger partial charge in [-0.15, -0.1) is 0 Å². The molecule has 3 rings (SSSR count). The van der Waals surface area contributed by atoms with Gasteiger partial charge >= 0.3 is 0 Å². The molecule has 1 saturated heterocycles. The molecule has 1 heterocycles. The summed E-state index contributed by atoms with van der Waals surface area (Å²) in [5.74, 6) is 0.0247. The number of nitrogens with zero attached hydrogens (tertiary/aromatic N) is 2. The fourth-order valence-electron chi connectivity index (χ4n) is 3.23. The first kappa shape index (κ1) is 22.2. The van der Waals surface area contributed by atoms with Crippen molar-refractivity contribution in [3.63, 3.8) is 0 Å². The lowest BCUT2D eigenvalue weighted by atomic mass is 10.1. The van der Waals surface area contributed by atoms with E-state index < -0.39 is 0 Å². The number of carbonyl (C=O) groups excluding carboxylic acids is 2. The molecule has 156 valence electrons. The second-order valence-corrected chi connectivity index (χ2v) is 8.92. The highest BCUT2D eigenvalue weighted by Crippen LogP contribution is 2.32. The van der Waals surface area contributed by atoms with Crippen molar-refractivity contribution in [3.8, 4) is 0 Å². The number of hydrogen-bond donors (Lipinski definition) is 0. The number of aryl methyl sites for hydroxylation is 1. The molecule has 30 heavy (non-hydrogen) atoms. The SMILES string of the molecule is CCN(Cc1ccccc1)C(=O)CCCN1C(=O)C(=Cc2ccc(C)cc2)SC1=S. The third-order valence-electron chi connectivity index (χ3n) is 4.97. The number of benzene rings is 2. The molecule has 0 bridgehead atoms.